The Balaban J connectivity index is 0.930. The average Bonchev–Trinajstić information content (AvgIpc) is 1.55. The number of nitrogens with zero attached hydrogens (tertiary/aromatic N) is 6. The first kappa shape index (κ1) is 60.9. The lowest BCUT2D eigenvalue weighted by molar-refractivity contribution is 1.07. The molecular weight excluding hydrogens is 1270 g/mol. The highest BCUT2D eigenvalue weighted by molar-refractivity contribution is 6.18. The molecule has 0 radical (unpaired) electrons. The number of fused-ring (bicyclic) bond motifs is 9. The molecule has 16 aromatic carbocycles. The lowest BCUT2D eigenvalue weighted by atomic mass is 9.92. The van der Waals surface area contributed by atoms with Gasteiger partial charge in [0.1, 0.15) is 0 Å². The molecule has 0 aliphatic rings. The smallest absolute Gasteiger partial charge is 0.164 e. The maximum absolute atomic E-state index is 5.72. The number of hydrogen-bond donors (Lipinski definition) is 0. The van der Waals surface area contributed by atoms with E-state index in [-0.39, 0.29) is 0 Å². The van der Waals surface area contributed by atoms with Crippen LogP contribution in [-0.4, -0.2) is 28.7 Å². The van der Waals surface area contributed by atoms with Crippen molar-refractivity contribution >= 4 is 65.4 Å². The van der Waals surface area contributed by atoms with E-state index in [9.17, 15) is 0 Å². The third-order valence-electron chi connectivity index (χ3n) is 20.9. The van der Waals surface area contributed by atoms with Crippen molar-refractivity contribution in [3.8, 4) is 129 Å². The summed E-state index contributed by atoms with van der Waals surface area (Å²) < 4.78 is 7.59. The summed E-state index contributed by atoms with van der Waals surface area (Å²) in [5, 5.41) is 6.99. The number of hydrogen-bond acceptors (Lipinski definition) is 3. The van der Waals surface area contributed by atoms with Crippen molar-refractivity contribution in [2.75, 3.05) is 0 Å². The number of benzene rings is 16. The minimum absolute atomic E-state index is 0.541. The molecule has 0 spiro atoms. The van der Waals surface area contributed by atoms with Crippen LogP contribution < -0.4 is 0 Å². The monoisotopic (exact) mass is 1340 g/mol. The van der Waals surface area contributed by atoms with Crippen molar-refractivity contribution < 1.29 is 0 Å². The molecule has 0 unspecified atom stereocenters. The van der Waals surface area contributed by atoms with Crippen LogP contribution in [0.15, 0.2) is 388 Å². The van der Waals surface area contributed by atoms with Gasteiger partial charge < -0.3 is 13.7 Å². The zero-order chi connectivity index (χ0) is 69.3. The van der Waals surface area contributed by atoms with E-state index in [1.807, 2.05) is 0 Å². The van der Waals surface area contributed by atoms with Crippen molar-refractivity contribution in [3.63, 3.8) is 0 Å². The van der Waals surface area contributed by atoms with Gasteiger partial charge in [-0.25, -0.2) is 15.0 Å². The standard InChI is InChI=1S/C99H64N6/c1-8-30-65(31-9-1)68-52-54-73(55-53-68)97-100-98(76-57-74(66-32-10-2-11-33-66)56-75(58-76)67-34-12-3-13-35-67)102-99(101-97)77-59-84(71-40-18-6-19-41-71)96(85(60-77)72-42-20-7-21-43-72)105-94-63-92(103-88-48-26-22-44-78(88)79-45-23-27-49-89(79)103)82(69-36-14-4-15-37-69)61-86(94)87-62-83(70-38-16-5-17-39-70)93(64-95(87)105)104-90-50-28-24-46-80(90)81-47-25-29-51-91(81)104/h1-64H. The topological polar surface area (TPSA) is 53.5 Å². The van der Waals surface area contributed by atoms with Gasteiger partial charge in [0.05, 0.1) is 50.2 Å². The van der Waals surface area contributed by atoms with Gasteiger partial charge in [-0.1, -0.05) is 309 Å². The lowest BCUT2D eigenvalue weighted by Crippen LogP contribution is -2.05. The van der Waals surface area contributed by atoms with Gasteiger partial charge in [0, 0.05) is 71.3 Å². The quantitative estimate of drug-likeness (QED) is 0.116. The van der Waals surface area contributed by atoms with Gasteiger partial charge in [-0.3, -0.25) is 0 Å². The minimum Gasteiger partial charge on any atom is -0.309 e. The largest absolute Gasteiger partial charge is 0.309 e. The first-order valence-electron chi connectivity index (χ1n) is 35.8. The van der Waals surface area contributed by atoms with E-state index < -0.39 is 0 Å². The van der Waals surface area contributed by atoms with Gasteiger partial charge >= 0.3 is 0 Å². The Kier molecular flexibility index (Phi) is 14.8. The van der Waals surface area contributed by atoms with Crippen molar-refractivity contribution in [2.45, 2.75) is 0 Å². The van der Waals surface area contributed by atoms with Gasteiger partial charge in [0.15, 0.2) is 17.5 Å². The Morgan fingerprint density at radius 3 is 0.762 bits per heavy atom. The zero-order valence-electron chi connectivity index (χ0n) is 57.1. The van der Waals surface area contributed by atoms with E-state index in [2.05, 4.69) is 402 Å². The molecule has 0 aliphatic heterocycles. The fraction of sp³-hybridized carbons (Fsp3) is 0. The highest BCUT2D eigenvalue weighted by atomic mass is 15.1. The fourth-order valence-corrected chi connectivity index (χ4v) is 16.0. The Morgan fingerprint density at radius 1 is 0.152 bits per heavy atom. The van der Waals surface area contributed by atoms with Crippen LogP contribution in [0.5, 0.6) is 0 Å². The van der Waals surface area contributed by atoms with E-state index in [4.69, 9.17) is 15.0 Å². The van der Waals surface area contributed by atoms with Gasteiger partial charge in [-0.05, 0) is 134 Å². The second-order valence-corrected chi connectivity index (χ2v) is 27.0. The summed E-state index contributed by atoms with van der Waals surface area (Å²) in [6, 6.07) is 141. The molecule has 0 saturated heterocycles. The van der Waals surface area contributed by atoms with Gasteiger partial charge in [0.25, 0.3) is 0 Å². The van der Waals surface area contributed by atoms with Crippen LogP contribution in [0.4, 0.5) is 0 Å². The summed E-state index contributed by atoms with van der Waals surface area (Å²) in [5.41, 5.74) is 27.4. The van der Waals surface area contributed by atoms with Crippen molar-refractivity contribution in [3.05, 3.63) is 388 Å². The van der Waals surface area contributed by atoms with Crippen LogP contribution >= 0.6 is 0 Å². The van der Waals surface area contributed by atoms with Crippen molar-refractivity contribution in [1.29, 1.82) is 0 Å². The second kappa shape index (κ2) is 25.5. The number of aromatic nitrogens is 6. The highest BCUT2D eigenvalue weighted by Crippen LogP contribution is 2.50. The van der Waals surface area contributed by atoms with E-state index in [1.165, 1.54) is 21.5 Å². The van der Waals surface area contributed by atoms with Crippen molar-refractivity contribution in [1.82, 2.24) is 28.7 Å². The Bertz CT molecular complexity index is 6270. The maximum atomic E-state index is 5.72. The van der Waals surface area contributed by atoms with Gasteiger partial charge in [0.2, 0.25) is 0 Å². The van der Waals surface area contributed by atoms with Crippen LogP contribution in [0.25, 0.3) is 195 Å². The third-order valence-corrected chi connectivity index (χ3v) is 20.9. The molecule has 6 nitrogen and oxygen atoms in total. The van der Waals surface area contributed by atoms with E-state index in [1.54, 1.807) is 0 Å². The normalized spacial score (nSPS) is 11.6. The summed E-state index contributed by atoms with van der Waals surface area (Å²) in [4.78, 5) is 16.9. The maximum Gasteiger partial charge on any atom is 0.164 e. The molecule has 20 rings (SSSR count). The minimum atomic E-state index is 0.541. The SMILES string of the molecule is c1ccc(-c2ccc(-c3nc(-c4cc(-c5ccccc5)cc(-c5ccccc5)c4)nc(-c4cc(-c5ccccc5)c(-n5c6cc(-n7c8ccccc8c8ccccc87)c(-c7ccccc7)cc6c6cc(-c7ccccc7)c(-n7c8ccccc8c8ccccc87)cc65)c(-c5ccccc5)c4)n3)cc2)cc1. The zero-order valence-corrected chi connectivity index (χ0v) is 57.1. The molecule has 4 heterocycles. The summed E-state index contributed by atoms with van der Waals surface area (Å²) >= 11 is 0. The Labute approximate surface area is 607 Å². The lowest BCUT2D eigenvalue weighted by Gasteiger charge is -2.22. The molecule has 0 bridgehead atoms. The van der Waals surface area contributed by atoms with E-state index in [0.717, 1.165) is 156 Å². The number of rotatable bonds is 13. The highest BCUT2D eigenvalue weighted by Gasteiger charge is 2.29. The number of para-hydroxylation sites is 4. The Hall–Kier alpha value is -14.1. The molecule has 105 heavy (non-hydrogen) atoms. The third kappa shape index (κ3) is 10.6. The van der Waals surface area contributed by atoms with Crippen LogP contribution in [-0.2, 0) is 0 Å². The van der Waals surface area contributed by atoms with Gasteiger partial charge in [-0.15, -0.1) is 0 Å². The first-order valence-corrected chi connectivity index (χ1v) is 35.8. The summed E-state index contributed by atoms with van der Waals surface area (Å²) in [7, 11) is 0. The van der Waals surface area contributed by atoms with E-state index in [0.29, 0.717) is 17.5 Å². The molecule has 0 saturated carbocycles. The Morgan fingerprint density at radius 2 is 0.410 bits per heavy atom. The summed E-state index contributed by atoms with van der Waals surface area (Å²) in [6.07, 6.45) is 0. The van der Waals surface area contributed by atoms with E-state index >= 15 is 0 Å². The van der Waals surface area contributed by atoms with Crippen LogP contribution in [0.2, 0.25) is 0 Å². The molecular formula is C99H64N6. The average molecular weight is 1340 g/mol. The first-order chi connectivity index (χ1) is 52.1. The van der Waals surface area contributed by atoms with Gasteiger partial charge in [-0.2, -0.15) is 0 Å². The molecule has 4 aromatic heterocycles. The second-order valence-electron chi connectivity index (χ2n) is 27.0. The van der Waals surface area contributed by atoms with Crippen LogP contribution in [0, 0.1) is 0 Å². The molecule has 6 heteroatoms. The van der Waals surface area contributed by atoms with Crippen LogP contribution in [0.1, 0.15) is 0 Å². The molecule has 0 N–H and O–H groups in total. The van der Waals surface area contributed by atoms with Crippen LogP contribution in [0.3, 0.4) is 0 Å². The molecule has 0 amide bonds. The fourth-order valence-electron chi connectivity index (χ4n) is 16.0. The molecule has 20 aromatic rings. The predicted molar refractivity (Wildman–Crippen MR) is 437 cm³/mol. The summed E-state index contributed by atoms with van der Waals surface area (Å²) in [5.74, 6) is 1.66. The van der Waals surface area contributed by atoms with Crippen molar-refractivity contribution in [2.24, 2.45) is 0 Å². The molecule has 490 valence electrons. The molecule has 0 fully saturated rings. The molecule has 0 aliphatic carbocycles. The predicted octanol–water partition coefficient (Wildman–Crippen LogP) is 25.8. The molecule has 0 atom stereocenters. The summed E-state index contributed by atoms with van der Waals surface area (Å²) in [6.45, 7) is 0.